The molecule has 14 heavy (non-hydrogen) atoms. The summed E-state index contributed by atoms with van der Waals surface area (Å²) in [6.45, 7) is 0. The summed E-state index contributed by atoms with van der Waals surface area (Å²) >= 11 is -1.44. The van der Waals surface area contributed by atoms with E-state index >= 15 is 0 Å². The predicted molar refractivity (Wildman–Crippen MR) is 53.6 cm³/mol. The molecule has 4 heteroatoms. The second-order valence-corrected chi connectivity index (χ2v) is 6.42. The molecule has 0 unspecified atom stereocenters. The maximum atomic E-state index is 6.32. The number of rotatable bonds is 2. The Morgan fingerprint density at radius 1 is 0.857 bits per heavy atom. The van der Waals surface area contributed by atoms with Crippen molar-refractivity contribution in [3.8, 4) is 0 Å². The Morgan fingerprint density at radius 2 is 1.36 bits per heavy atom. The van der Waals surface area contributed by atoms with E-state index in [1.807, 2.05) is 36.4 Å². The molecule has 0 saturated carbocycles. The standard InChI is InChI=1S/2C5H4N.ClH.Pd/c2*1-2-4-6-5-3-1;;/h2*1-4H;1H;/q;;;+1/p-1. The van der Waals surface area contributed by atoms with E-state index in [2.05, 4.69) is 9.97 Å². The molecule has 0 bridgehead atoms. The number of aromatic nitrogens is 2. The van der Waals surface area contributed by atoms with Crippen LogP contribution in [0, 0.1) is 0 Å². The Bertz CT molecular complexity index is 354. The number of hydrogen-bond donors (Lipinski definition) is 0. The number of nitrogens with zero attached hydrogens (tertiary/aromatic N) is 2. The third-order valence-corrected chi connectivity index (χ3v) is 5.27. The van der Waals surface area contributed by atoms with Gasteiger partial charge in [-0.05, 0) is 0 Å². The van der Waals surface area contributed by atoms with E-state index in [1.54, 1.807) is 12.4 Å². The number of hydrogen-bond acceptors (Lipinski definition) is 2. The summed E-state index contributed by atoms with van der Waals surface area (Å²) in [5, 5.41) is 0. The molecule has 0 spiro atoms. The van der Waals surface area contributed by atoms with Crippen LogP contribution >= 0.6 is 9.53 Å². The summed E-state index contributed by atoms with van der Waals surface area (Å²) in [5.74, 6) is 0. The van der Waals surface area contributed by atoms with Gasteiger partial charge >= 0.3 is 92.4 Å². The van der Waals surface area contributed by atoms with Crippen LogP contribution in [0.15, 0.2) is 48.8 Å². The van der Waals surface area contributed by atoms with E-state index in [0.29, 0.717) is 0 Å². The minimum absolute atomic E-state index is 0.943. The zero-order chi connectivity index (χ0) is 9.80. The molecular weight excluding hydrogens is 290 g/mol. The van der Waals surface area contributed by atoms with Crippen LogP contribution in [0.25, 0.3) is 0 Å². The van der Waals surface area contributed by atoms with Gasteiger partial charge in [0.15, 0.2) is 0 Å². The van der Waals surface area contributed by atoms with Gasteiger partial charge in [-0.15, -0.1) is 0 Å². The maximum absolute atomic E-state index is 6.32. The number of halogens is 1. The average molecular weight is 298 g/mol. The van der Waals surface area contributed by atoms with Crippen molar-refractivity contribution < 1.29 is 15.7 Å². The van der Waals surface area contributed by atoms with Crippen LogP contribution in [-0.2, 0) is 15.7 Å². The second-order valence-electron chi connectivity index (χ2n) is 2.44. The molecule has 75 valence electrons. The van der Waals surface area contributed by atoms with Crippen molar-refractivity contribution in [2.24, 2.45) is 0 Å². The Balaban J connectivity index is 2.30. The predicted octanol–water partition coefficient (Wildman–Crippen LogP) is 1.20. The van der Waals surface area contributed by atoms with Crippen molar-refractivity contribution in [3.05, 3.63) is 48.8 Å². The summed E-state index contributed by atoms with van der Waals surface area (Å²) in [6.07, 6.45) is 3.52. The van der Waals surface area contributed by atoms with Gasteiger partial charge < -0.3 is 0 Å². The van der Waals surface area contributed by atoms with Crippen LogP contribution in [0.5, 0.6) is 0 Å². The first kappa shape index (κ1) is 9.79. The summed E-state index contributed by atoms with van der Waals surface area (Å²) in [6, 6.07) is 11.6. The van der Waals surface area contributed by atoms with Crippen molar-refractivity contribution in [1.82, 2.24) is 9.97 Å². The Labute approximate surface area is 92.2 Å². The Kier molecular flexibility index (Phi) is 3.26. The molecule has 2 heterocycles. The first-order valence-electron chi connectivity index (χ1n) is 3.98. The van der Waals surface area contributed by atoms with Gasteiger partial charge in [0.05, 0.1) is 0 Å². The van der Waals surface area contributed by atoms with Crippen molar-refractivity contribution >= 4 is 17.9 Å². The fourth-order valence-corrected chi connectivity index (χ4v) is 3.49. The molecule has 0 N–H and O–H groups in total. The molecule has 0 aromatic carbocycles. The van der Waals surface area contributed by atoms with Gasteiger partial charge in [-0.2, -0.15) is 0 Å². The third-order valence-electron chi connectivity index (χ3n) is 1.51. The Morgan fingerprint density at radius 3 is 1.71 bits per heavy atom. The van der Waals surface area contributed by atoms with E-state index in [0.717, 1.165) is 8.33 Å². The van der Waals surface area contributed by atoms with Gasteiger partial charge in [-0.25, -0.2) is 0 Å². The fraction of sp³-hybridized carbons (Fsp3) is 0. The molecule has 0 aliphatic carbocycles. The van der Waals surface area contributed by atoms with Gasteiger partial charge in [-0.1, -0.05) is 0 Å². The van der Waals surface area contributed by atoms with Crippen LogP contribution in [0.2, 0.25) is 0 Å². The molecule has 2 aromatic heterocycles. The third kappa shape index (κ3) is 2.19. The van der Waals surface area contributed by atoms with Crippen molar-refractivity contribution in [2.45, 2.75) is 0 Å². The van der Waals surface area contributed by atoms with Gasteiger partial charge in [-0.3, -0.25) is 0 Å². The minimum atomic E-state index is -1.44. The molecular formula is C10H8ClN2Pd. The van der Waals surface area contributed by atoms with Crippen molar-refractivity contribution in [2.75, 3.05) is 0 Å². The van der Waals surface area contributed by atoms with Gasteiger partial charge in [0.2, 0.25) is 0 Å². The summed E-state index contributed by atoms with van der Waals surface area (Å²) in [4.78, 5) is 8.47. The first-order chi connectivity index (χ1) is 6.88. The van der Waals surface area contributed by atoms with Gasteiger partial charge in [0.25, 0.3) is 0 Å². The van der Waals surface area contributed by atoms with Crippen LogP contribution in [0.1, 0.15) is 0 Å². The zero-order valence-corrected chi connectivity index (χ0v) is 9.52. The van der Waals surface area contributed by atoms with Gasteiger partial charge in [0, 0.05) is 0 Å². The monoisotopic (exact) mass is 297 g/mol. The molecule has 0 aliphatic heterocycles. The molecule has 0 aliphatic rings. The van der Waals surface area contributed by atoms with E-state index in [-0.39, 0.29) is 0 Å². The topological polar surface area (TPSA) is 25.8 Å². The van der Waals surface area contributed by atoms with Crippen LogP contribution < -0.4 is 8.33 Å². The van der Waals surface area contributed by atoms with Crippen LogP contribution in [0.4, 0.5) is 0 Å². The molecule has 0 atom stereocenters. The van der Waals surface area contributed by atoms with Crippen LogP contribution in [-0.4, -0.2) is 9.97 Å². The van der Waals surface area contributed by atoms with E-state index in [1.165, 1.54) is 0 Å². The van der Waals surface area contributed by atoms with Crippen molar-refractivity contribution in [3.63, 3.8) is 0 Å². The zero-order valence-electron chi connectivity index (χ0n) is 7.21. The molecule has 2 rings (SSSR count). The van der Waals surface area contributed by atoms with Crippen molar-refractivity contribution in [1.29, 1.82) is 0 Å². The van der Waals surface area contributed by atoms with Gasteiger partial charge in [0.1, 0.15) is 0 Å². The summed E-state index contributed by atoms with van der Waals surface area (Å²) in [7, 11) is 6.32. The SMILES string of the molecule is [Cl][Pd]([c]1ccccn1)[c]1ccccn1. The molecule has 0 radical (unpaired) electrons. The average Bonchev–Trinajstić information content (AvgIpc) is 2.30. The molecule has 0 amide bonds. The molecule has 2 aromatic rings. The second kappa shape index (κ2) is 4.66. The first-order valence-corrected chi connectivity index (χ1v) is 7.53. The number of pyridine rings is 2. The van der Waals surface area contributed by atoms with E-state index < -0.39 is 15.7 Å². The van der Waals surface area contributed by atoms with Crippen LogP contribution in [0.3, 0.4) is 0 Å². The normalized spacial score (nSPS) is 11.1. The summed E-state index contributed by atoms with van der Waals surface area (Å²) < 4.78 is 1.89. The fourth-order valence-electron chi connectivity index (χ4n) is 0.910. The summed E-state index contributed by atoms with van der Waals surface area (Å²) in [5.41, 5.74) is 0. The van der Waals surface area contributed by atoms with E-state index in [9.17, 15) is 0 Å². The Hall–Kier alpha value is -0.748. The molecule has 2 nitrogen and oxygen atoms in total. The molecule has 0 fully saturated rings. The van der Waals surface area contributed by atoms with E-state index in [4.69, 9.17) is 9.53 Å². The molecule has 0 saturated heterocycles. The quantitative estimate of drug-likeness (QED) is 0.779.